The molecule has 0 bridgehead atoms. The Labute approximate surface area is 108 Å². The van der Waals surface area contributed by atoms with Gasteiger partial charge in [-0.15, -0.1) is 11.3 Å². The summed E-state index contributed by atoms with van der Waals surface area (Å²) in [5.41, 5.74) is 1.05. The minimum atomic E-state index is -0.245. The van der Waals surface area contributed by atoms with Crippen LogP contribution in [-0.4, -0.2) is 17.3 Å². The number of rotatable bonds is 5. The zero-order valence-corrected chi connectivity index (χ0v) is 11.0. The molecule has 0 aliphatic carbocycles. The molecule has 0 N–H and O–H groups in total. The number of aromatic nitrogens is 1. The van der Waals surface area contributed by atoms with Gasteiger partial charge in [0.1, 0.15) is 15.9 Å². The lowest BCUT2D eigenvalue weighted by atomic mass is 10.3. The molecular formula is C12H12FNOS2. The van der Waals surface area contributed by atoms with Crippen LogP contribution in [0.4, 0.5) is 4.39 Å². The molecule has 5 heteroatoms. The zero-order chi connectivity index (χ0) is 12.1. The van der Waals surface area contributed by atoms with Crippen molar-refractivity contribution in [3.05, 3.63) is 41.2 Å². The molecule has 0 atom stereocenters. The fraction of sp³-hybridized carbons (Fsp3) is 0.250. The van der Waals surface area contributed by atoms with E-state index in [2.05, 4.69) is 4.98 Å². The van der Waals surface area contributed by atoms with Crippen LogP contribution in [0, 0.1) is 12.7 Å². The van der Waals surface area contributed by atoms with E-state index in [0.717, 1.165) is 15.8 Å². The van der Waals surface area contributed by atoms with Crippen molar-refractivity contribution in [3.63, 3.8) is 0 Å². The second-order valence-corrected chi connectivity index (χ2v) is 5.61. The van der Waals surface area contributed by atoms with Gasteiger partial charge in [-0.05, 0) is 31.2 Å². The Morgan fingerprint density at radius 2 is 2.12 bits per heavy atom. The highest BCUT2D eigenvalue weighted by molar-refractivity contribution is 8.01. The topological polar surface area (TPSA) is 22.1 Å². The maximum atomic E-state index is 12.6. The molecule has 0 saturated heterocycles. The average molecular weight is 269 g/mol. The van der Waals surface area contributed by atoms with Crippen molar-refractivity contribution in [2.24, 2.45) is 0 Å². The normalized spacial score (nSPS) is 10.5. The average Bonchev–Trinajstić information content (AvgIpc) is 2.73. The van der Waals surface area contributed by atoms with Gasteiger partial charge in [0.05, 0.1) is 6.61 Å². The van der Waals surface area contributed by atoms with E-state index in [4.69, 9.17) is 4.74 Å². The molecule has 0 spiro atoms. The summed E-state index contributed by atoms with van der Waals surface area (Å²) >= 11 is 3.32. The largest absolute Gasteiger partial charge is 0.493 e. The van der Waals surface area contributed by atoms with E-state index in [1.807, 2.05) is 12.3 Å². The molecule has 2 nitrogen and oxygen atoms in total. The fourth-order valence-electron chi connectivity index (χ4n) is 1.22. The summed E-state index contributed by atoms with van der Waals surface area (Å²) in [6.45, 7) is 2.57. The molecule has 0 saturated carbocycles. The van der Waals surface area contributed by atoms with Crippen molar-refractivity contribution in [2.45, 2.75) is 11.3 Å². The van der Waals surface area contributed by atoms with Crippen molar-refractivity contribution in [2.75, 3.05) is 12.4 Å². The third kappa shape index (κ3) is 4.02. The Morgan fingerprint density at radius 1 is 1.35 bits per heavy atom. The lowest BCUT2D eigenvalue weighted by Crippen LogP contribution is -1.99. The first kappa shape index (κ1) is 12.4. The summed E-state index contributed by atoms with van der Waals surface area (Å²) in [7, 11) is 0. The second kappa shape index (κ2) is 6.02. The molecule has 2 rings (SSSR count). The Hall–Kier alpha value is -1.07. The molecule has 1 aromatic heterocycles. The van der Waals surface area contributed by atoms with Crippen LogP contribution in [0.15, 0.2) is 34.0 Å². The van der Waals surface area contributed by atoms with Crippen LogP contribution in [0.1, 0.15) is 5.69 Å². The van der Waals surface area contributed by atoms with Crippen molar-refractivity contribution in [1.29, 1.82) is 0 Å². The van der Waals surface area contributed by atoms with Crippen LogP contribution in [-0.2, 0) is 0 Å². The number of hydrogen-bond acceptors (Lipinski definition) is 4. The maximum absolute atomic E-state index is 12.6. The number of ether oxygens (including phenoxy) is 1. The number of aryl methyl sites for hydroxylation is 1. The Morgan fingerprint density at radius 3 is 2.76 bits per heavy atom. The molecule has 1 heterocycles. The van der Waals surface area contributed by atoms with Crippen molar-refractivity contribution in [1.82, 2.24) is 4.98 Å². The van der Waals surface area contributed by atoms with Gasteiger partial charge in [-0.2, -0.15) is 0 Å². The highest BCUT2D eigenvalue weighted by atomic mass is 32.2. The SMILES string of the molecule is Cc1csc(SCCOc2ccc(F)cc2)n1. The molecule has 0 aliphatic heterocycles. The van der Waals surface area contributed by atoms with E-state index in [1.165, 1.54) is 12.1 Å². The van der Waals surface area contributed by atoms with Gasteiger partial charge in [-0.1, -0.05) is 11.8 Å². The molecule has 0 amide bonds. The Balaban J connectivity index is 1.71. The van der Waals surface area contributed by atoms with Gasteiger partial charge in [0.25, 0.3) is 0 Å². The van der Waals surface area contributed by atoms with Gasteiger partial charge in [-0.25, -0.2) is 9.37 Å². The Bertz CT molecular complexity index is 470. The lowest BCUT2D eigenvalue weighted by Gasteiger charge is -2.04. The van der Waals surface area contributed by atoms with Gasteiger partial charge in [-0.3, -0.25) is 0 Å². The quantitative estimate of drug-likeness (QED) is 0.609. The van der Waals surface area contributed by atoms with Gasteiger partial charge >= 0.3 is 0 Å². The first-order valence-corrected chi connectivity index (χ1v) is 7.04. The van der Waals surface area contributed by atoms with E-state index in [1.54, 1.807) is 35.2 Å². The summed E-state index contributed by atoms with van der Waals surface area (Å²) in [5.74, 6) is 1.29. The van der Waals surface area contributed by atoms with Crippen LogP contribution in [0.25, 0.3) is 0 Å². The first-order valence-electron chi connectivity index (χ1n) is 5.17. The molecule has 2 aromatic rings. The third-order valence-corrected chi connectivity index (χ3v) is 4.09. The molecule has 0 unspecified atom stereocenters. The lowest BCUT2D eigenvalue weighted by molar-refractivity contribution is 0.343. The fourth-order valence-corrected chi connectivity index (χ4v) is 2.96. The van der Waals surface area contributed by atoms with E-state index >= 15 is 0 Å². The predicted molar refractivity (Wildman–Crippen MR) is 69.5 cm³/mol. The monoisotopic (exact) mass is 269 g/mol. The van der Waals surface area contributed by atoms with Crippen molar-refractivity contribution < 1.29 is 9.13 Å². The summed E-state index contributed by atoms with van der Waals surface area (Å²) in [6, 6.07) is 6.06. The number of thiazole rings is 1. The molecule has 0 aliphatic rings. The molecular weight excluding hydrogens is 257 g/mol. The minimum absolute atomic E-state index is 0.245. The highest BCUT2D eigenvalue weighted by Gasteiger charge is 2.00. The summed E-state index contributed by atoms with van der Waals surface area (Å²) in [5, 5.41) is 2.03. The molecule has 0 radical (unpaired) electrons. The first-order chi connectivity index (χ1) is 8.24. The number of benzene rings is 1. The van der Waals surface area contributed by atoms with Crippen LogP contribution < -0.4 is 4.74 Å². The van der Waals surface area contributed by atoms with Gasteiger partial charge in [0, 0.05) is 16.8 Å². The number of hydrogen-bond donors (Lipinski definition) is 0. The van der Waals surface area contributed by atoms with E-state index < -0.39 is 0 Å². The maximum Gasteiger partial charge on any atom is 0.150 e. The summed E-state index contributed by atoms with van der Waals surface area (Å²) in [4.78, 5) is 4.34. The summed E-state index contributed by atoms with van der Waals surface area (Å²) in [6.07, 6.45) is 0. The molecule has 1 aromatic carbocycles. The molecule has 0 fully saturated rings. The minimum Gasteiger partial charge on any atom is -0.493 e. The van der Waals surface area contributed by atoms with E-state index in [9.17, 15) is 4.39 Å². The molecule has 17 heavy (non-hydrogen) atoms. The smallest absolute Gasteiger partial charge is 0.150 e. The van der Waals surface area contributed by atoms with Crippen LogP contribution >= 0.6 is 23.1 Å². The van der Waals surface area contributed by atoms with Crippen LogP contribution in [0.5, 0.6) is 5.75 Å². The number of thioether (sulfide) groups is 1. The van der Waals surface area contributed by atoms with Gasteiger partial charge < -0.3 is 4.74 Å². The van der Waals surface area contributed by atoms with Gasteiger partial charge in [0.15, 0.2) is 0 Å². The van der Waals surface area contributed by atoms with E-state index in [-0.39, 0.29) is 5.82 Å². The standard InChI is InChI=1S/C12H12FNOS2/c1-9-8-17-12(14-9)16-7-6-15-11-4-2-10(13)3-5-11/h2-5,8H,6-7H2,1H3. The van der Waals surface area contributed by atoms with Crippen molar-refractivity contribution in [3.8, 4) is 5.75 Å². The van der Waals surface area contributed by atoms with Crippen molar-refractivity contribution >= 4 is 23.1 Å². The van der Waals surface area contributed by atoms with E-state index in [0.29, 0.717) is 12.4 Å². The zero-order valence-electron chi connectivity index (χ0n) is 9.35. The highest BCUT2D eigenvalue weighted by Crippen LogP contribution is 2.22. The van der Waals surface area contributed by atoms with Crippen LogP contribution in [0.2, 0.25) is 0 Å². The molecule has 90 valence electrons. The van der Waals surface area contributed by atoms with Crippen LogP contribution in [0.3, 0.4) is 0 Å². The summed E-state index contributed by atoms with van der Waals surface area (Å²) < 4.78 is 19.2. The third-order valence-electron chi connectivity index (χ3n) is 1.99. The Kier molecular flexibility index (Phi) is 4.39. The van der Waals surface area contributed by atoms with Gasteiger partial charge in [0.2, 0.25) is 0 Å². The number of halogens is 1. The number of nitrogens with zero attached hydrogens (tertiary/aromatic N) is 1. The second-order valence-electron chi connectivity index (χ2n) is 3.41. The predicted octanol–water partition coefficient (Wildman–Crippen LogP) is 3.76.